The van der Waals surface area contributed by atoms with Crippen molar-refractivity contribution in [2.45, 2.75) is 26.6 Å². The fourth-order valence-electron chi connectivity index (χ4n) is 2.64. The highest BCUT2D eigenvalue weighted by atomic mass is 19.4. The van der Waals surface area contributed by atoms with Gasteiger partial charge in [-0.25, -0.2) is 4.98 Å². The first-order chi connectivity index (χ1) is 14.8. The lowest BCUT2D eigenvalue weighted by Crippen LogP contribution is -2.05. The van der Waals surface area contributed by atoms with Crippen molar-refractivity contribution in [1.82, 2.24) is 4.98 Å². The van der Waals surface area contributed by atoms with Crippen molar-refractivity contribution < 1.29 is 22.6 Å². The van der Waals surface area contributed by atoms with Crippen LogP contribution in [-0.2, 0) is 12.8 Å². The number of aromatic nitrogens is 1. The first-order valence-electron chi connectivity index (χ1n) is 9.62. The molecule has 1 aromatic heterocycles. The van der Waals surface area contributed by atoms with E-state index in [0.29, 0.717) is 24.7 Å². The summed E-state index contributed by atoms with van der Waals surface area (Å²) in [6.07, 6.45) is -2.15. The summed E-state index contributed by atoms with van der Waals surface area (Å²) in [5.41, 5.74) is 4.75. The Kier molecular flexibility index (Phi) is 7.12. The molecule has 0 amide bonds. The summed E-state index contributed by atoms with van der Waals surface area (Å²) >= 11 is 0. The number of nitrogens with one attached hydrogen (secondary N) is 1. The van der Waals surface area contributed by atoms with Crippen molar-refractivity contribution in [2.75, 3.05) is 12.0 Å². The molecule has 162 valence electrons. The molecule has 0 aliphatic carbocycles. The van der Waals surface area contributed by atoms with E-state index in [1.807, 2.05) is 38.1 Å². The van der Waals surface area contributed by atoms with Crippen LogP contribution in [0.2, 0.25) is 0 Å². The highest BCUT2D eigenvalue weighted by Gasteiger charge is 2.30. The quantitative estimate of drug-likeness (QED) is 0.361. The van der Waals surface area contributed by atoms with Gasteiger partial charge < -0.3 is 9.47 Å². The zero-order valence-electron chi connectivity index (χ0n) is 17.1. The highest BCUT2D eigenvalue weighted by Crippen LogP contribution is 2.30. The topological polar surface area (TPSA) is 55.7 Å². The minimum atomic E-state index is -4.42. The summed E-state index contributed by atoms with van der Waals surface area (Å²) in [6.45, 7) is 4.78. The van der Waals surface area contributed by atoms with E-state index in [1.165, 1.54) is 17.8 Å². The summed E-state index contributed by atoms with van der Waals surface area (Å²) in [4.78, 5) is 3.71. The predicted octanol–water partition coefficient (Wildman–Crippen LogP) is 5.83. The van der Waals surface area contributed by atoms with Crippen LogP contribution in [0.5, 0.6) is 11.5 Å². The van der Waals surface area contributed by atoms with Gasteiger partial charge in [0.05, 0.1) is 18.4 Å². The molecule has 0 aliphatic heterocycles. The molecule has 0 saturated carbocycles. The molecule has 5 nitrogen and oxygen atoms in total. The number of nitrogens with zero attached hydrogens (tertiary/aromatic N) is 2. The Hall–Kier alpha value is -3.55. The minimum Gasteiger partial charge on any atom is -0.490 e. The lowest BCUT2D eigenvalue weighted by Gasteiger charge is -2.13. The lowest BCUT2D eigenvalue weighted by atomic mass is 10.2. The average molecular weight is 429 g/mol. The number of hydrogen-bond donors (Lipinski definition) is 1. The molecule has 0 spiro atoms. The van der Waals surface area contributed by atoms with Crippen molar-refractivity contribution in [3.05, 3.63) is 83.0 Å². The van der Waals surface area contributed by atoms with E-state index in [1.54, 1.807) is 18.2 Å². The third kappa shape index (κ3) is 6.47. The molecule has 8 heteroatoms. The molecule has 3 aromatic rings. The van der Waals surface area contributed by atoms with Crippen LogP contribution in [-0.4, -0.2) is 17.8 Å². The van der Waals surface area contributed by atoms with Gasteiger partial charge in [-0.3, -0.25) is 5.43 Å². The maximum absolute atomic E-state index is 12.6. The van der Waals surface area contributed by atoms with Gasteiger partial charge in [-0.05, 0) is 55.3 Å². The first-order valence-corrected chi connectivity index (χ1v) is 9.62. The van der Waals surface area contributed by atoms with E-state index in [0.717, 1.165) is 23.4 Å². The molecule has 0 saturated heterocycles. The minimum absolute atomic E-state index is 0.201. The highest BCUT2D eigenvalue weighted by molar-refractivity contribution is 5.81. The van der Waals surface area contributed by atoms with Crippen LogP contribution < -0.4 is 14.9 Å². The average Bonchev–Trinajstić information content (AvgIpc) is 2.74. The molecule has 1 N–H and O–H groups in total. The molecular weight excluding hydrogens is 407 g/mol. The Morgan fingerprint density at radius 1 is 1.00 bits per heavy atom. The number of halogens is 3. The Morgan fingerprint density at radius 2 is 1.77 bits per heavy atom. The SMILES string of the molecule is CCOc1cc(/C=N\Nc2ccc(C(F)(F)F)cn2)ccc1OCc1ccc(C)cc1. The number of hydrogen-bond acceptors (Lipinski definition) is 5. The fraction of sp³-hybridized carbons (Fsp3) is 0.217. The van der Waals surface area contributed by atoms with E-state index >= 15 is 0 Å². The normalized spacial score (nSPS) is 11.5. The Morgan fingerprint density at radius 3 is 2.42 bits per heavy atom. The Balaban J connectivity index is 1.64. The first kappa shape index (κ1) is 22.1. The Labute approximate surface area is 178 Å². The summed E-state index contributed by atoms with van der Waals surface area (Å²) in [6, 6.07) is 15.6. The van der Waals surface area contributed by atoms with Crippen LogP contribution in [0.25, 0.3) is 0 Å². The number of pyridine rings is 1. The van der Waals surface area contributed by atoms with E-state index in [2.05, 4.69) is 15.5 Å². The molecular formula is C23H22F3N3O2. The standard InChI is InChI=1S/C23H22F3N3O2/c1-3-30-21-12-18(8-10-20(21)31-15-17-6-4-16(2)5-7-17)13-28-29-22-11-9-19(14-27-22)23(24,25)26/h4-14H,3,15H2,1-2H3,(H,27,29)/b28-13-. The van der Waals surface area contributed by atoms with E-state index in [-0.39, 0.29) is 5.82 Å². The van der Waals surface area contributed by atoms with Gasteiger partial charge in [0.2, 0.25) is 0 Å². The maximum atomic E-state index is 12.6. The predicted molar refractivity (Wildman–Crippen MR) is 114 cm³/mol. The van der Waals surface area contributed by atoms with Crippen molar-refractivity contribution in [2.24, 2.45) is 5.10 Å². The molecule has 0 aliphatic rings. The molecule has 3 rings (SSSR count). The van der Waals surface area contributed by atoms with Crippen LogP contribution in [0.15, 0.2) is 65.9 Å². The summed E-state index contributed by atoms with van der Waals surface area (Å²) < 4.78 is 49.3. The number of hydrazone groups is 1. The van der Waals surface area contributed by atoms with Gasteiger partial charge in [0.15, 0.2) is 11.5 Å². The van der Waals surface area contributed by atoms with Crippen LogP contribution in [0.1, 0.15) is 29.2 Å². The van der Waals surface area contributed by atoms with Crippen LogP contribution >= 0.6 is 0 Å². The maximum Gasteiger partial charge on any atom is 0.417 e. The number of alkyl halides is 3. The molecule has 2 aromatic carbocycles. The molecule has 0 unspecified atom stereocenters. The number of rotatable bonds is 8. The van der Waals surface area contributed by atoms with Gasteiger partial charge in [-0.1, -0.05) is 29.8 Å². The van der Waals surface area contributed by atoms with Crippen molar-refractivity contribution in [3.63, 3.8) is 0 Å². The number of benzene rings is 2. The van der Waals surface area contributed by atoms with E-state index < -0.39 is 11.7 Å². The number of aryl methyl sites for hydroxylation is 1. The second-order valence-electron chi connectivity index (χ2n) is 6.71. The monoisotopic (exact) mass is 429 g/mol. The summed E-state index contributed by atoms with van der Waals surface area (Å²) in [5.74, 6) is 1.38. The smallest absolute Gasteiger partial charge is 0.417 e. The summed E-state index contributed by atoms with van der Waals surface area (Å²) in [7, 11) is 0. The third-order valence-corrected chi connectivity index (χ3v) is 4.27. The van der Waals surface area contributed by atoms with Crippen LogP contribution in [0, 0.1) is 6.92 Å². The number of anilines is 1. The van der Waals surface area contributed by atoms with Gasteiger partial charge >= 0.3 is 6.18 Å². The molecule has 31 heavy (non-hydrogen) atoms. The zero-order chi connectivity index (χ0) is 22.3. The van der Waals surface area contributed by atoms with Crippen molar-refractivity contribution >= 4 is 12.0 Å². The second kappa shape index (κ2) is 9.97. The number of ether oxygens (including phenoxy) is 2. The second-order valence-corrected chi connectivity index (χ2v) is 6.71. The van der Waals surface area contributed by atoms with Crippen LogP contribution in [0.4, 0.5) is 19.0 Å². The van der Waals surface area contributed by atoms with E-state index in [4.69, 9.17) is 9.47 Å². The van der Waals surface area contributed by atoms with Gasteiger partial charge in [0.1, 0.15) is 12.4 Å². The van der Waals surface area contributed by atoms with Gasteiger partial charge in [-0.15, -0.1) is 0 Å². The zero-order valence-corrected chi connectivity index (χ0v) is 17.1. The molecule has 0 radical (unpaired) electrons. The van der Waals surface area contributed by atoms with Gasteiger partial charge in [0.25, 0.3) is 0 Å². The van der Waals surface area contributed by atoms with Crippen molar-refractivity contribution in [3.8, 4) is 11.5 Å². The van der Waals surface area contributed by atoms with E-state index in [9.17, 15) is 13.2 Å². The Bertz CT molecular complexity index is 1020. The van der Waals surface area contributed by atoms with Crippen LogP contribution in [0.3, 0.4) is 0 Å². The molecule has 1 heterocycles. The van der Waals surface area contributed by atoms with Gasteiger partial charge in [0, 0.05) is 6.20 Å². The molecule has 0 bridgehead atoms. The van der Waals surface area contributed by atoms with Gasteiger partial charge in [-0.2, -0.15) is 18.3 Å². The lowest BCUT2D eigenvalue weighted by molar-refractivity contribution is -0.137. The summed E-state index contributed by atoms with van der Waals surface area (Å²) in [5, 5.41) is 4.02. The molecule has 0 fully saturated rings. The molecule has 0 atom stereocenters. The fourth-order valence-corrected chi connectivity index (χ4v) is 2.64. The third-order valence-electron chi connectivity index (χ3n) is 4.27. The van der Waals surface area contributed by atoms with Crippen molar-refractivity contribution in [1.29, 1.82) is 0 Å². The largest absolute Gasteiger partial charge is 0.490 e.